The lowest BCUT2D eigenvalue weighted by molar-refractivity contribution is -0.184. The Labute approximate surface area is 137 Å². The number of carbonyl (C=O) groups is 1. The Morgan fingerprint density at radius 2 is 1.92 bits per heavy atom. The van der Waals surface area contributed by atoms with E-state index in [-0.39, 0.29) is 18.7 Å². The fourth-order valence-corrected chi connectivity index (χ4v) is 2.83. The van der Waals surface area contributed by atoms with Crippen molar-refractivity contribution in [2.24, 2.45) is 5.92 Å². The molecule has 2 aromatic rings. The number of aryl methyl sites for hydroxylation is 1. The summed E-state index contributed by atoms with van der Waals surface area (Å²) in [5.74, 6) is -1.97. The third-order valence-electron chi connectivity index (χ3n) is 4.14. The summed E-state index contributed by atoms with van der Waals surface area (Å²) in [5.41, 5.74) is 1.19. The number of piperidine rings is 1. The van der Waals surface area contributed by atoms with E-state index in [9.17, 15) is 18.0 Å². The second kappa shape index (κ2) is 6.26. The van der Waals surface area contributed by atoms with Gasteiger partial charge in [-0.2, -0.15) is 23.1 Å². The van der Waals surface area contributed by atoms with E-state index >= 15 is 0 Å². The second-order valence-corrected chi connectivity index (χ2v) is 5.89. The van der Waals surface area contributed by atoms with E-state index in [1.54, 1.807) is 19.1 Å². The van der Waals surface area contributed by atoms with Gasteiger partial charge in [0.15, 0.2) is 5.69 Å². The third-order valence-corrected chi connectivity index (χ3v) is 4.14. The lowest BCUT2D eigenvalue weighted by atomic mass is 9.97. The van der Waals surface area contributed by atoms with E-state index in [0.29, 0.717) is 24.3 Å². The first-order valence-electron chi connectivity index (χ1n) is 7.71. The summed E-state index contributed by atoms with van der Waals surface area (Å²) in [5, 5.41) is 8.38. The average Bonchev–Trinajstić information content (AvgIpc) is 2.96. The number of hydrogen-bond acceptors (Lipinski definition) is 3. The zero-order chi connectivity index (χ0) is 17.3. The average molecular weight is 338 g/mol. The molecular weight excluding hydrogens is 321 g/mol. The largest absolute Gasteiger partial charge is 0.393 e. The first-order chi connectivity index (χ1) is 11.4. The molecule has 2 heterocycles. The molecule has 1 amide bonds. The van der Waals surface area contributed by atoms with Gasteiger partial charge in [0, 0.05) is 13.1 Å². The Morgan fingerprint density at radius 3 is 2.58 bits per heavy atom. The highest BCUT2D eigenvalue weighted by Crippen LogP contribution is 2.33. The van der Waals surface area contributed by atoms with E-state index in [1.165, 1.54) is 9.70 Å². The maximum absolute atomic E-state index is 12.9. The van der Waals surface area contributed by atoms with E-state index in [0.717, 1.165) is 0 Å². The van der Waals surface area contributed by atoms with Crippen molar-refractivity contribution in [2.45, 2.75) is 25.9 Å². The van der Waals surface area contributed by atoms with Crippen molar-refractivity contribution in [3.63, 3.8) is 0 Å². The van der Waals surface area contributed by atoms with Crippen LogP contribution in [0.2, 0.25) is 0 Å². The van der Waals surface area contributed by atoms with Gasteiger partial charge in [0.05, 0.1) is 17.3 Å². The minimum atomic E-state index is -4.28. The van der Waals surface area contributed by atoms with Gasteiger partial charge in [-0.25, -0.2) is 0 Å². The summed E-state index contributed by atoms with van der Waals surface area (Å²) in [6, 6.07) is 9.04. The van der Waals surface area contributed by atoms with Crippen molar-refractivity contribution in [3.8, 4) is 5.69 Å². The molecule has 128 valence electrons. The van der Waals surface area contributed by atoms with Crippen LogP contribution in [0, 0.1) is 12.8 Å². The van der Waals surface area contributed by atoms with Crippen LogP contribution in [0.15, 0.2) is 30.3 Å². The molecule has 5 nitrogen and oxygen atoms in total. The van der Waals surface area contributed by atoms with Crippen molar-refractivity contribution >= 4 is 5.91 Å². The number of benzene rings is 1. The van der Waals surface area contributed by atoms with Crippen molar-refractivity contribution in [3.05, 3.63) is 41.7 Å². The fraction of sp³-hybridized carbons (Fsp3) is 0.438. The molecular formula is C16H17F3N4O. The number of likely N-dealkylation sites (tertiary alicyclic amines) is 1. The molecule has 3 rings (SSSR count). The molecule has 0 spiro atoms. The minimum absolute atomic E-state index is 0.0585. The minimum Gasteiger partial charge on any atom is -0.337 e. The molecule has 1 aromatic carbocycles. The van der Waals surface area contributed by atoms with Crippen LogP contribution in [-0.2, 0) is 0 Å². The lowest BCUT2D eigenvalue weighted by Gasteiger charge is -2.33. The maximum atomic E-state index is 12.9. The summed E-state index contributed by atoms with van der Waals surface area (Å²) in [6.45, 7) is 1.62. The fourth-order valence-electron chi connectivity index (χ4n) is 2.83. The first-order valence-corrected chi connectivity index (χ1v) is 7.71. The van der Waals surface area contributed by atoms with Gasteiger partial charge in [-0.15, -0.1) is 5.10 Å². The van der Waals surface area contributed by atoms with Crippen LogP contribution in [0.4, 0.5) is 13.2 Å². The van der Waals surface area contributed by atoms with Gasteiger partial charge in [0.25, 0.3) is 5.91 Å². The number of rotatable bonds is 2. The van der Waals surface area contributed by atoms with Crippen LogP contribution >= 0.6 is 0 Å². The van der Waals surface area contributed by atoms with E-state index in [2.05, 4.69) is 10.2 Å². The van der Waals surface area contributed by atoms with Gasteiger partial charge in [-0.05, 0) is 31.9 Å². The molecule has 1 fully saturated rings. The van der Waals surface area contributed by atoms with Crippen LogP contribution in [-0.4, -0.2) is 45.1 Å². The molecule has 8 heteroatoms. The quantitative estimate of drug-likeness (QED) is 0.846. The van der Waals surface area contributed by atoms with Crippen LogP contribution in [0.1, 0.15) is 29.0 Å². The van der Waals surface area contributed by atoms with E-state index < -0.39 is 18.0 Å². The van der Waals surface area contributed by atoms with E-state index in [1.807, 2.05) is 18.2 Å². The molecule has 1 atom stereocenters. The molecule has 1 unspecified atom stereocenters. The molecule has 1 aliphatic rings. The third kappa shape index (κ3) is 3.27. The molecule has 24 heavy (non-hydrogen) atoms. The van der Waals surface area contributed by atoms with Crippen molar-refractivity contribution in [1.82, 2.24) is 19.9 Å². The molecule has 0 saturated carbocycles. The number of halogens is 3. The summed E-state index contributed by atoms with van der Waals surface area (Å²) >= 11 is 0. The summed E-state index contributed by atoms with van der Waals surface area (Å²) in [6.07, 6.45) is -3.89. The topological polar surface area (TPSA) is 51.0 Å². The van der Waals surface area contributed by atoms with Crippen molar-refractivity contribution in [2.75, 3.05) is 13.1 Å². The number of para-hydroxylation sites is 1. The van der Waals surface area contributed by atoms with Crippen molar-refractivity contribution in [1.29, 1.82) is 0 Å². The maximum Gasteiger partial charge on any atom is 0.393 e. The van der Waals surface area contributed by atoms with E-state index in [4.69, 9.17) is 0 Å². The zero-order valence-electron chi connectivity index (χ0n) is 13.1. The number of nitrogens with zero attached hydrogens (tertiary/aromatic N) is 4. The molecule has 0 bridgehead atoms. The molecule has 1 saturated heterocycles. The Morgan fingerprint density at radius 1 is 1.21 bits per heavy atom. The lowest BCUT2D eigenvalue weighted by Crippen LogP contribution is -2.44. The standard InChI is InChI=1S/C16H17F3N4O/c1-11-14(21-23(20-11)13-7-3-2-4-8-13)15(24)22-9-5-6-12(10-22)16(17,18)19/h2-4,7-8,12H,5-6,9-10H2,1H3. The van der Waals surface area contributed by atoms with Gasteiger partial charge in [0.2, 0.25) is 0 Å². The predicted octanol–water partition coefficient (Wildman–Crippen LogP) is 2.99. The molecule has 1 aromatic heterocycles. The Hall–Kier alpha value is -2.38. The number of hydrogen-bond donors (Lipinski definition) is 0. The predicted molar refractivity (Wildman–Crippen MR) is 80.8 cm³/mol. The first kappa shape index (κ1) is 16.5. The Bertz CT molecular complexity index is 727. The van der Waals surface area contributed by atoms with Gasteiger partial charge in [-0.1, -0.05) is 18.2 Å². The van der Waals surface area contributed by atoms with Gasteiger partial charge in [-0.3, -0.25) is 4.79 Å². The Kier molecular flexibility index (Phi) is 4.29. The van der Waals surface area contributed by atoms with Crippen LogP contribution in [0.5, 0.6) is 0 Å². The number of amides is 1. The number of carbonyl (C=O) groups excluding carboxylic acids is 1. The summed E-state index contributed by atoms with van der Waals surface area (Å²) in [7, 11) is 0. The molecule has 0 radical (unpaired) electrons. The molecule has 0 aliphatic carbocycles. The monoisotopic (exact) mass is 338 g/mol. The number of aromatic nitrogens is 3. The SMILES string of the molecule is Cc1nn(-c2ccccc2)nc1C(=O)N1CCCC(C(F)(F)F)C1. The normalized spacial score (nSPS) is 18.7. The summed E-state index contributed by atoms with van der Waals surface area (Å²) < 4.78 is 38.7. The second-order valence-electron chi connectivity index (χ2n) is 5.89. The van der Waals surface area contributed by atoms with Crippen molar-refractivity contribution < 1.29 is 18.0 Å². The van der Waals surface area contributed by atoms with Crippen LogP contribution in [0.3, 0.4) is 0 Å². The number of alkyl halides is 3. The zero-order valence-corrected chi connectivity index (χ0v) is 13.1. The molecule has 0 N–H and O–H groups in total. The highest BCUT2D eigenvalue weighted by Gasteiger charge is 2.43. The van der Waals surface area contributed by atoms with Crippen LogP contribution < -0.4 is 0 Å². The van der Waals surface area contributed by atoms with Gasteiger partial charge in [0.1, 0.15) is 0 Å². The smallest absolute Gasteiger partial charge is 0.337 e. The summed E-state index contributed by atoms with van der Waals surface area (Å²) in [4.78, 5) is 15.1. The van der Waals surface area contributed by atoms with Gasteiger partial charge < -0.3 is 4.90 Å². The Balaban J connectivity index is 1.82. The molecule has 1 aliphatic heterocycles. The highest BCUT2D eigenvalue weighted by molar-refractivity contribution is 5.93. The van der Waals surface area contributed by atoms with Gasteiger partial charge >= 0.3 is 6.18 Å². The van der Waals surface area contributed by atoms with Crippen LogP contribution in [0.25, 0.3) is 5.69 Å². The highest BCUT2D eigenvalue weighted by atomic mass is 19.4.